The van der Waals surface area contributed by atoms with Gasteiger partial charge in [0, 0.05) is 31.5 Å². The van der Waals surface area contributed by atoms with Gasteiger partial charge in [0.2, 0.25) is 0 Å². The zero-order chi connectivity index (χ0) is 19.6. The molecule has 5 heteroatoms. The van der Waals surface area contributed by atoms with Crippen LogP contribution in [0.1, 0.15) is 43.9 Å². The quantitative estimate of drug-likeness (QED) is 0.402. The van der Waals surface area contributed by atoms with Crippen molar-refractivity contribution >= 4 is 22.6 Å². The van der Waals surface area contributed by atoms with Gasteiger partial charge in [0.1, 0.15) is 5.60 Å². The number of fused-ring (bicyclic) bond motifs is 3. The van der Waals surface area contributed by atoms with Gasteiger partial charge in [-0.3, -0.25) is 4.90 Å². The second-order valence-electron chi connectivity index (χ2n) is 8.06. The average Bonchev–Trinajstić information content (AvgIpc) is 2.65. The summed E-state index contributed by atoms with van der Waals surface area (Å²) >= 11 is 2.25. The molecule has 0 saturated carbocycles. The number of ether oxygens (including phenoxy) is 2. The molecule has 3 rings (SSSR count). The Balaban J connectivity index is 1.99. The number of aliphatic hydroxyl groups is 1. The van der Waals surface area contributed by atoms with Crippen molar-refractivity contribution < 1.29 is 14.6 Å². The van der Waals surface area contributed by atoms with Crippen molar-refractivity contribution in [1.29, 1.82) is 0 Å². The topological polar surface area (TPSA) is 41.9 Å². The second kappa shape index (κ2) is 8.59. The molecule has 0 spiro atoms. The molecule has 2 aliphatic rings. The molecular weight excluding hydrogens is 453 g/mol. The van der Waals surface area contributed by atoms with Gasteiger partial charge in [-0.2, -0.15) is 0 Å². The molecule has 148 valence electrons. The van der Waals surface area contributed by atoms with Crippen LogP contribution in [0.15, 0.2) is 12.1 Å². The third kappa shape index (κ3) is 4.23. The van der Waals surface area contributed by atoms with Crippen LogP contribution in [0.4, 0.5) is 0 Å². The molecule has 2 heterocycles. The van der Waals surface area contributed by atoms with Crippen LogP contribution < -0.4 is 9.47 Å². The summed E-state index contributed by atoms with van der Waals surface area (Å²) in [6.45, 7) is 6.35. The first-order chi connectivity index (χ1) is 12.9. The smallest absolute Gasteiger partial charge is 0.161 e. The zero-order valence-electron chi connectivity index (χ0n) is 16.7. The average molecular weight is 483 g/mol. The number of hydrogen-bond donors (Lipinski definition) is 1. The standard InChI is InChI=1S/C22H30INO3/c1-15(2)10-17-14-24-9-6-16-11-20(26-3)21(27-4)12-18(16)19(24)13-22(17,25)7-5-8-23/h11-12,15,17,19,25H,6,8-10,13-14H2,1-4H3/t17?,19?,22-/m1/s1. The van der Waals surface area contributed by atoms with E-state index in [1.54, 1.807) is 14.2 Å². The maximum atomic E-state index is 11.5. The summed E-state index contributed by atoms with van der Waals surface area (Å²) in [5, 5.41) is 11.5. The van der Waals surface area contributed by atoms with Crippen molar-refractivity contribution in [3.63, 3.8) is 0 Å². The number of alkyl halides is 1. The van der Waals surface area contributed by atoms with Crippen LogP contribution in [-0.4, -0.2) is 47.3 Å². The molecule has 0 amide bonds. The Labute approximate surface area is 176 Å². The van der Waals surface area contributed by atoms with E-state index in [9.17, 15) is 5.11 Å². The van der Waals surface area contributed by atoms with Crippen LogP contribution >= 0.6 is 22.6 Å². The number of benzene rings is 1. The third-order valence-corrected chi connectivity index (χ3v) is 6.26. The molecular formula is C22H30INO3. The fourth-order valence-electron chi connectivity index (χ4n) is 4.61. The highest BCUT2D eigenvalue weighted by atomic mass is 127. The second-order valence-corrected chi connectivity index (χ2v) is 8.82. The number of rotatable bonds is 4. The maximum absolute atomic E-state index is 11.5. The monoisotopic (exact) mass is 483 g/mol. The lowest BCUT2D eigenvalue weighted by molar-refractivity contribution is -0.0648. The minimum Gasteiger partial charge on any atom is -0.493 e. The molecule has 2 aliphatic heterocycles. The van der Waals surface area contributed by atoms with Crippen LogP contribution in [0, 0.1) is 23.7 Å². The summed E-state index contributed by atoms with van der Waals surface area (Å²) in [4.78, 5) is 2.53. The summed E-state index contributed by atoms with van der Waals surface area (Å²) in [7, 11) is 3.35. The predicted molar refractivity (Wildman–Crippen MR) is 117 cm³/mol. The molecule has 4 nitrogen and oxygen atoms in total. The number of halogens is 1. The van der Waals surface area contributed by atoms with Crippen LogP contribution in [0.3, 0.4) is 0 Å². The van der Waals surface area contributed by atoms with E-state index in [0.717, 1.165) is 41.9 Å². The van der Waals surface area contributed by atoms with Gasteiger partial charge in [-0.25, -0.2) is 0 Å². The van der Waals surface area contributed by atoms with Gasteiger partial charge >= 0.3 is 0 Å². The number of piperidine rings is 1. The summed E-state index contributed by atoms with van der Waals surface area (Å²) < 4.78 is 11.8. The Hall–Kier alpha value is -0.970. The van der Waals surface area contributed by atoms with E-state index in [1.165, 1.54) is 11.1 Å². The number of methoxy groups -OCH3 is 2. The molecule has 1 saturated heterocycles. The molecule has 0 bridgehead atoms. The summed E-state index contributed by atoms with van der Waals surface area (Å²) in [5.41, 5.74) is 1.61. The van der Waals surface area contributed by atoms with E-state index >= 15 is 0 Å². The van der Waals surface area contributed by atoms with Crippen LogP contribution in [0.5, 0.6) is 11.5 Å². The summed E-state index contributed by atoms with van der Waals surface area (Å²) in [6, 6.07) is 4.37. The van der Waals surface area contributed by atoms with Crippen molar-refractivity contribution in [2.75, 3.05) is 31.7 Å². The van der Waals surface area contributed by atoms with Crippen molar-refractivity contribution in [2.24, 2.45) is 11.8 Å². The highest BCUT2D eigenvalue weighted by Gasteiger charge is 2.47. The third-order valence-electron chi connectivity index (χ3n) is 5.88. The van der Waals surface area contributed by atoms with Crippen molar-refractivity contribution in [3.8, 4) is 23.3 Å². The van der Waals surface area contributed by atoms with Crippen LogP contribution in [0.25, 0.3) is 0 Å². The number of hydrogen-bond acceptors (Lipinski definition) is 4. The molecule has 1 aromatic carbocycles. The lowest BCUT2D eigenvalue weighted by Crippen LogP contribution is -2.54. The largest absolute Gasteiger partial charge is 0.493 e. The molecule has 0 aromatic heterocycles. The normalized spacial score (nSPS) is 27.4. The SMILES string of the molecule is COc1cc2c(cc1OC)C1C[C@](O)(C#CCI)C(CC(C)C)CN1CC2. The van der Waals surface area contributed by atoms with Gasteiger partial charge in [0.25, 0.3) is 0 Å². The Morgan fingerprint density at radius 2 is 2.00 bits per heavy atom. The minimum absolute atomic E-state index is 0.172. The van der Waals surface area contributed by atoms with Crippen molar-refractivity contribution in [3.05, 3.63) is 23.3 Å². The molecule has 1 aromatic rings. The van der Waals surface area contributed by atoms with Crippen molar-refractivity contribution in [1.82, 2.24) is 4.90 Å². The molecule has 27 heavy (non-hydrogen) atoms. The molecule has 0 aliphatic carbocycles. The summed E-state index contributed by atoms with van der Waals surface area (Å²) in [5.74, 6) is 8.64. The first-order valence-electron chi connectivity index (χ1n) is 9.69. The fourth-order valence-corrected chi connectivity index (χ4v) is 4.80. The first-order valence-corrected chi connectivity index (χ1v) is 11.2. The van der Waals surface area contributed by atoms with Gasteiger partial charge in [-0.1, -0.05) is 48.3 Å². The van der Waals surface area contributed by atoms with Gasteiger partial charge in [-0.15, -0.1) is 0 Å². The lowest BCUT2D eigenvalue weighted by atomic mass is 9.71. The van der Waals surface area contributed by atoms with E-state index in [0.29, 0.717) is 12.3 Å². The van der Waals surface area contributed by atoms with Crippen molar-refractivity contribution in [2.45, 2.75) is 44.8 Å². The Bertz CT molecular complexity index is 739. The van der Waals surface area contributed by atoms with Gasteiger partial charge in [0.15, 0.2) is 11.5 Å². The Kier molecular flexibility index (Phi) is 6.60. The highest BCUT2D eigenvalue weighted by molar-refractivity contribution is 14.1. The summed E-state index contributed by atoms with van der Waals surface area (Å²) in [6.07, 6.45) is 2.64. The molecule has 0 radical (unpaired) electrons. The maximum Gasteiger partial charge on any atom is 0.161 e. The van der Waals surface area contributed by atoms with Gasteiger partial charge in [0.05, 0.1) is 18.6 Å². The van der Waals surface area contributed by atoms with Crippen LogP contribution in [-0.2, 0) is 6.42 Å². The van der Waals surface area contributed by atoms with E-state index in [-0.39, 0.29) is 12.0 Å². The lowest BCUT2D eigenvalue weighted by Gasteiger charge is -2.50. The van der Waals surface area contributed by atoms with Gasteiger partial charge in [-0.05, 0) is 42.0 Å². The predicted octanol–water partition coefficient (Wildman–Crippen LogP) is 3.84. The van der Waals surface area contributed by atoms with E-state index < -0.39 is 5.60 Å². The van der Waals surface area contributed by atoms with Crippen LogP contribution in [0.2, 0.25) is 0 Å². The zero-order valence-corrected chi connectivity index (χ0v) is 18.9. The van der Waals surface area contributed by atoms with E-state index in [1.807, 2.05) is 0 Å². The van der Waals surface area contributed by atoms with E-state index in [4.69, 9.17) is 9.47 Å². The highest BCUT2D eigenvalue weighted by Crippen LogP contribution is 2.46. The van der Waals surface area contributed by atoms with Gasteiger partial charge < -0.3 is 14.6 Å². The fraction of sp³-hybridized carbons (Fsp3) is 0.636. The number of nitrogens with zero attached hydrogens (tertiary/aromatic N) is 1. The Morgan fingerprint density at radius 1 is 1.30 bits per heavy atom. The molecule has 2 unspecified atom stereocenters. The molecule has 3 atom stereocenters. The molecule has 1 fully saturated rings. The molecule has 1 N–H and O–H groups in total. The minimum atomic E-state index is -0.932. The Morgan fingerprint density at radius 3 is 2.63 bits per heavy atom. The first kappa shape index (κ1) is 20.8. The van der Waals surface area contributed by atoms with E-state index in [2.05, 4.69) is 65.3 Å².